The molecular weight excluding hydrogens is 218 g/mol. The van der Waals surface area contributed by atoms with Crippen molar-refractivity contribution in [1.29, 1.82) is 0 Å². The molecule has 5 nitrogen and oxygen atoms in total. The first kappa shape index (κ1) is 11.4. The van der Waals surface area contributed by atoms with Crippen molar-refractivity contribution < 1.29 is 9.53 Å². The normalized spacial score (nSPS) is 18.2. The summed E-state index contributed by atoms with van der Waals surface area (Å²) in [6.07, 6.45) is -0.512. The summed E-state index contributed by atoms with van der Waals surface area (Å²) < 4.78 is 4.51. The highest BCUT2D eigenvalue weighted by molar-refractivity contribution is 5.94. The number of benzene rings is 1. The third kappa shape index (κ3) is 2.55. The Balaban J connectivity index is 2.11. The molecule has 1 heterocycles. The molecule has 0 fully saturated rings. The number of nitrogens with one attached hydrogen (secondary N) is 2. The van der Waals surface area contributed by atoms with E-state index in [0.717, 1.165) is 0 Å². The monoisotopic (exact) mass is 233 g/mol. The van der Waals surface area contributed by atoms with E-state index in [1.54, 1.807) is 0 Å². The van der Waals surface area contributed by atoms with Gasteiger partial charge in [0.1, 0.15) is 0 Å². The molecule has 0 saturated heterocycles. The second-order valence-corrected chi connectivity index (χ2v) is 3.85. The van der Waals surface area contributed by atoms with Gasteiger partial charge in [-0.05, 0) is 18.1 Å². The van der Waals surface area contributed by atoms with Gasteiger partial charge in [-0.15, -0.1) is 0 Å². The van der Waals surface area contributed by atoms with Gasteiger partial charge >= 0.3 is 6.09 Å². The van der Waals surface area contributed by atoms with Gasteiger partial charge in [0.25, 0.3) is 0 Å². The van der Waals surface area contributed by atoms with Crippen molar-refractivity contribution >= 4 is 12.1 Å². The zero-order valence-electron chi connectivity index (χ0n) is 9.86. The molecule has 2 N–H and O–H groups in total. The third-order valence-corrected chi connectivity index (χ3v) is 2.70. The van der Waals surface area contributed by atoms with Crippen molar-refractivity contribution in [2.45, 2.75) is 13.0 Å². The zero-order valence-corrected chi connectivity index (χ0v) is 9.86. The molecule has 2 rings (SSSR count). The maximum atomic E-state index is 11.0. The molecule has 0 spiro atoms. The number of guanidine groups is 1. The molecule has 90 valence electrons. The van der Waals surface area contributed by atoms with E-state index < -0.39 is 6.09 Å². The highest BCUT2D eigenvalue weighted by atomic mass is 16.5. The first-order valence-corrected chi connectivity index (χ1v) is 5.43. The van der Waals surface area contributed by atoms with Gasteiger partial charge in [-0.25, -0.2) is 9.79 Å². The maximum Gasteiger partial charge on any atom is 0.413 e. The lowest BCUT2D eigenvalue weighted by molar-refractivity contribution is 0.176. The molecular formula is C12H15N3O2. The van der Waals surface area contributed by atoms with Crippen LogP contribution < -0.4 is 10.6 Å². The van der Waals surface area contributed by atoms with E-state index in [1.165, 1.54) is 18.2 Å². The number of amides is 1. The van der Waals surface area contributed by atoms with Crippen LogP contribution in [-0.2, 0) is 4.74 Å². The molecule has 0 aliphatic carbocycles. The van der Waals surface area contributed by atoms with Crippen LogP contribution in [0.15, 0.2) is 29.3 Å². The van der Waals surface area contributed by atoms with Gasteiger partial charge in [0.05, 0.1) is 13.2 Å². The molecule has 1 unspecified atom stereocenters. The van der Waals surface area contributed by atoms with Crippen molar-refractivity contribution in [2.75, 3.05) is 13.7 Å². The quantitative estimate of drug-likeness (QED) is 0.769. The van der Waals surface area contributed by atoms with Crippen molar-refractivity contribution in [3.8, 4) is 0 Å². The van der Waals surface area contributed by atoms with Crippen LogP contribution in [0, 0.1) is 6.92 Å². The minimum Gasteiger partial charge on any atom is -0.453 e. The number of alkyl carbamates (subject to hydrolysis) is 1. The lowest BCUT2D eigenvalue weighted by Gasteiger charge is -2.08. The Morgan fingerprint density at radius 1 is 1.53 bits per heavy atom. The van der Waals surface area contributed by atoms with E-state index in [1.807, 2.05) is 18.2 Å². The van der Waals surface area contributed by atoms with E-state index >= 15 is 0 Å². The Kier molecular flexibility index (Phi) is 3.27. The number of hydrogen-bond acceptors (Lipinski definition) is 4. The number of aryl methyl sites for hydroxylation is 1. The molecule has 1 aliphatic heterocycles. The minimum atomic E-state index is -0.512. The van der Waals surface area contributed by atoms with Gasteiger partial charge < -0.3 is 10.1 Å². The fraction of sp³-hybridized carbons (Fsp3) is 0.333. The molecule has 1 amide bonds. The first-order valence-electron chi connectivity index (χ1n) is 5.43. The van der Waals surface area contributed by atoms with Crippen molar-refractivity contribution in [1.82, 2.24) is 10.6 Å². The number of carbonyl (C=O) groups excluding carboxylic acids is 1. The summed E-state index contributed by atoms with van der Waals surface area (Å²) in [4.78, 5) is 15.4. The molecule has 1 atom stereocenters. The van der Waals surface area contributed by atoms with Gasteiger partial charge in [0.15, 0.2) is 0 Å². The second-order valence-electron chi connectivity index (χ2n) is 3.85. The van der Waals surface area contributed by atoms with Gasteiger partial charge in [-0.3, -0.25) is 5.32 Å². The van der Waals surface area contributed by atoms with Crippen LogP contribution in [-0.4, -0.2) is 25.7 Å². The summed E-state index contributed by atoms with van der Waals surface area (Å²) in [5.41, 5.74) is 2.36. The number of hydrogen-bond donors (Lipinski definition) is 2. The molecule has 1 aliphatic rings. The van der Waals surface area contributed by atoms with Gasteiger partial charge in [0, 0.05) is 6.54 Å². The molecule has 0 radical (unpaired) electrons. The molecule has 1 aromatic rings. The first-order chi connectivity index (χ1) is 8.20. The molecule has 17 heavy (non-hydrogen) atoms. The van der Waals surface area contributed by atoms with Crippen molar-refractivity contribution in [3.05, 3.63) is 35.4 Å². The number of carbonyl (C=O) groups is 1. The average Bonchev–Trinajstić information content (AvgIpc) is 2.78. The lowest BCUT2D eigenvalue weighted by atomic mass is 10.0. The summed E-state index contributed by atoms with van der Waals surface area (Å²) in [5.74, 6) is 0.463. The van der Waals surface area contributed by atoms with Gasteiger partial charge in [-0.2, -0.15) is 0 Å². The average molecular weight is 233 g/mol. The van der Waals surface area contributed by atoms with E-state index in [0.29, 0.717) is 12.5 Å². The smallest absolute Gasteiger partial charge is 0.413 e. The lowest BCUT2D eigenvalue weighted by Crippen LogP contribution is -2.37. The predicted octanol–water partition coefficient (Wildman–Crippen LogP) is 1.35. The number of methoxy groups -OCH3 is 1. The Morgan fingerprint density at radius 2 is 2.29 bits per heavy atom. The Bertz CT molecular complexity index is 457. The summed E-state index contributed by atoms with van der Waals surface area (Å²) in [6, 6.07) is 8.13. The second kappa shape index (κ2) is 4.86. The van der Waals surface area contributed by atoms with E-state index in [4.69, 9.17) is 0 Å². The number of ether oxygens (including phenoxy) is 1. The van der Waals surface area contributed by atoms with Crippen molar-refractivity contribution in [2.24, 2.45) is 4.99 Å². The zero-order chi connectivity index (χ0) is 12.3. The predicted molar refractivity (Wildman–Crippen MR) is 64.9 cm³/mol. The number of rotatable bonds is 1. The van der Waals surface area contributed by atoms with Gasteiger partial charge in [0.2, 0.25) is 5.96 Å². The van der Waals surface area contributed by atoms with Crippen LogP contribution >= 0.6 is 0 Å². The fourth-order valence-corrected chi connectivity index (χ4v) is 1.80. The minimum absolute atomic E-state index is 0.0448. The SMILES string of the molecule is COC(=O)NC1=NC(c2ccccc2C)CN1. The van der Waals surface area contributed by atoms with Crippen LogP contribution in [0.4, 0.5) is 4.79 Å². The topological polar surface area (TPSA) is 62.7 Å². The van der Waals surface area contributed by atoms with Crippen LogP contribution in [0.1, 0.15) is 17.2 Å². The standard InChI is InChI=1S/C12H15N3O2/c1-8-5-3-4-6-9(8)10-7-13-11(14-10)15-12(16)17-2/h3-6,10H,7H2,1-2H3,(H2,13,14,15,16). The van der Waals surface area contributed by atoms with E-state index in [9.17, 15) is 4.79 Å². The van der Waals surface area contributed by atoms with Gasteiger partial charge in [-0.1, -0.05) is 24.3 Å². The molecule has 0 bridgehead atoms. The molecule has 1 aromatic carbocycles. The molecule has 0 saturated carbocycles. The Hall–Kier alpha value is -2.04. The van der Waals surface area contributed by atoms with Crippen LogP contribution in [0.3, 0.4) is 0 Å². The molecule has 5 heteroatoms. The number of aliphatic imine (C=N–C) groups is 1. The summed E-state index contributed by atoms with van der Waals surface area (Å²) in [5, 5.41) is 5.56. The summed E-state index contributed by atoms with van der Waals surface area (Å²) >= 11 is 0. The number of nitrogens with zero attached hydrogens (tertiary/aromatic N) is 1. The van der Waals surface area contributed by atoms with Crippen LogP contribution in [0.25, 0.3) is 0 Å². The van der Waals surface area contributed by atoms with E-state index in [2.05, 4.69) is 33.4 Å². The maximum absolute atomic E-state index is 11.0. The highest BCUT2D eigenvalue weighted by Crippen LogP contribution is 2.22. The largest absolute Gasteiger partial charge is 0.453 e. The Labute approximate surface area is 99.9 Å². The third-order valence-electron chi connectivity index (χ3n) is 2.70. The Morgan fingerprint density at radius 3 is 3.00 bits per heavy atom. The summed E-state index contributed by atoms with van der Waals surface area (Å²) in [6.45, 7) is 2.74. The molecule has 0 aromatic heterocycles. The van der Waals surface area contributed by atoms with Crippen LogP contribution in [0.2, 0.25) is 0 Å². The highest BCUT2D eigenvalue weighted by Gasteiger charge is 2.20. The van der Waals surface area contributed by atoms with Crippen LogP contribution in [0.5, 0.6) is 0 Å². The summed E-state index contributed by atoms with van der Waals surface area (Å²) in [7, 11) is 1.32. The fourth-order valence-electron chi connectivity index (χ4n) is 1.80. The van der Waals surface area contributed by atoms with E-state index in [-0.39, 0.29) is 6.04 Å². The van der Waals surface area contributed by atoms with Crippen molar-refractivity contribution in [3.63, 3.8) is 0 Å².